The van der Waals surface area contributed by atoms with E-state index in [1.807, 2.05) is 6.08 Å². The van der Waals surface area contributed by atoms with Crippen molar-refractivity contribution in [3.8, 4) is 0 Å². The van der Waals surface area contributed by atoms with Crippen LogP contribution >= 0.6 is 0 Å². The first kappa shape index (κ1) is 30.6. The molecule has 0 radical (unpaired) electrons. The minimum atomic E-state index is -1.25. The number of fused-ring (bicyclic) bond motifs is 7. The van der Waals surface area contributed by atoms with Gasteiger partial charge in [-0.15, -0.1) is 0 Å². The summed E-state index contributed by atoms with van der Waals surface area (Å²) in [6.07, 6.45) is 12.2. The molecule has 41 heavy (non-hydrogen) atoms. The van der Waals surface area contributed by atoms with Gasteiger partial charge >= 0.3 is 5.97 Å². The zero-order valence-corrected chi connectivity index (χ0v) is 25.3. The number of allylic oxidation sites excluding steroid dienone is 4. The van der Waals surface area contributed by atoms with E-state index < -0.39 is 35.5 Å². The molecule has 0 unspecified atom stereocenters. The number of aliphatic hydroxyl groups is 2. The number of ether oxygens (including phenoxy) is 3. The molecule has 5 fully saturated rings. The van der Waals surface area contributed by atoms with Gasteiger partial charge in [-0.05, 0) is 62.5 Å². The van der Waals surface area contributed by atoms with Crippen LogP contribution in [0.25, 0.3) is 0 Å². The molecule has 1 heterocycles. The maximum atomic E-state index is 14.2. The molecule has 1 saturated heterocycles. The molecule has 2 N–H and O–H groups in total. The second kappa shape index (κ2) is 11.3. The van der Waals surface area contributed by atoms with E-state index >= 15 is 0 Å². The van der Waals surface area contributed by atoms with Crippen LogP contribution in [0.15, 0.2) is 23.8 Å². The Morgan fingerprint density at radius 3 is 2.51 bits per heavy atom. The third kappa shape index (κ3) is 4.68. The zero-order valence-electron chi connectivity index (χ0n) is 25.3. The summed E-state index contributed by atoms with van der Waals surface area (Å²) in [7, 11) is 1.00. The molecule has 0 spiro atoms. The third-order valence-electron chi connectivity index (χ3n) is 11.5. The molecule has 6 rings (SSSR count). The van der Waals surface area contributed by atoms with Crippen LogP contribution < -0.4 is 0 Å². The highest BCUT2D eigenvalue weighted by Crippen LogP contribution is 2.70. The summed E-state index contributed by atoms with van der Waals surface area (Å²) in [6.45, 7) is 7.44. The summed E-state index contributed by atoms with van der Waals surface area (Å²) in [4.78, 5) is 38.7. The second-order valence-electron chi connectivity index (χ2n) is 13.9. The van der Waals surface area contributed by atoms with Gasteiger partial charge in [-0.25, -0.2) is 0 Å². The van der Waals surface area contributed by atoms with Gasteiger partial charge in [0.05, 0.1) is 18.1 Å². The molecule has 0 amide bonds. The lowest BCUT2D eigenvalue weighted by Gasteiger charge is -2.59. The Hall–Kier alpha value is -1.87. The standard InChI is InChI=1S/C32H44O7.CH4O/c1-18(2)28(36)37-17-25(35)32-26(38-29(39-32)19-8-6-5-7-9-19)15-23-22-11-10-20-14-21(33)12-13-30(20,3)27(22)24(34)16-31(23,32)4;1-2/h12-14,18-19,22-24,26-27,29,34H,5-11,15-17H2,1-4H3;2H,1H3/t22-,23-,24-,26+,27+,29+,30-,31-,32+;/m0./s1. The zero-order chi connectivity index (χ0) is 29.7. The molecular formula is C33H48O8. The minimum Gasteiger partial charge on any atom is -0.457 e. The molecule has 0 aromatic rings. The molecule has 228 valence electrons. The van der Waals surface area contributed by atoms with E-state index in [1.165, 1.54) is 6.42 Å². The fourth-order valence-corrected chi connectivity index (χ4v) is 9.62. The fraction of sp³-hybridized carbons (Fsp3) is 0.788. The summed E-state index contributed by atoms with van der Waals surface area (Å²) in [5.41, 5.74) is -1.19. The van der Waals surface area contributed by atoms with E-state index in [9.17, 15) is 19.5 Å². The first-order valence-corrected chi connectivity index (χ1v) is 15.6. The van der Waals surface area contributed by atoms with Crippen LogP contribution in [-0.4, -0.2) is 65.6 Å². The minimum absolute atomic E-state index is 0.0162. The summed E-state index contributed by atoms with van der Waals surface area (Å²) >= 11 is 0. The lowest BCUT2D eigenvalue weighted by Crippen LogP contribution is -2.63. The van der Waals surface area contributed by atoms with Crippen molar-refractivity contribution < 1.29 is 38.8 Å². The van der Waals surface area contributed by atoms with E-state index in [4.69, 9.17) is 19.3 Å². The number of Topliss-reactive ketones (excluding diaryl/α,β-unsaturated/α-hetero) is 1. The first-order chi connectivity index (χ1) is 19.5. The normalized spacial score (nSPS) is 43.2. The molecule has 6 aliphatic rings. The maximum absolute atomic E-state index is 14.2. The first-order valence-electron chi connectivity index (χ1n) is 15.6. The quantitative estimate of drug-likeness (QED) is 0.468. The van der Waals surface area contributed by atoms with Crippen LogP contribution in [0.4, 0.5) is 0 Å². The van der Waals surface area contributed by atoms with E-state index in [2.05, 4.69) is 13.8 Å². The molecule has 5 aliphatic carbocycles. The van der Waals surface area contributed by atoms with Gasteiger partial charge in [0.15, 0.2) is 24.3 Å². The SMILES string of the molecule is CC(C)C(=O)OCC(=O)[C@@]12O[C@H](C3CCCCC3)O[C@@H]1C[C@H]1[C@@H]3CCC4=CC(=O)C=C[C@]4(C)[C@H]3[C@@H](O)C[C@@]12C.CO. The average Bonchev–Trinajstić information content (AvgIpc) is 3.46. The molecule has 0 aromatic carbocycles. The topological polar surface area (TPSA) is 119 Å². The van der Waals surface area contributed by atoms with Crippen molar-refractivity contribution in [2.45, 2.75) is 110 Å². The third-order valence-corrected chi connectivity index (χ3v) is 11.5. The van der Waals surface area contributed by atoms with E-state index in [0.717, 1.165) is 51.2 Å². The predicted molar refractivity (Wildman–Crippen MR) is 151 cm³/mol. The number of ketones is 2. The molecule has 8 heteroatoms. The highest BCUT2D eigenvalue weighted by Gasteiger charge is 2.76. The van der Waals surface area contributed by atoms with E-state index in [-0.39, 0.29) is 53.2 Å². The highest BCUT2D eigenvalue weighted by molar-refractivity contribution is 6.01. The number of hydrogen-bond donors (Lipinski definition) is 2. The number of esters is 1. The Morgan fingerprint density at radius 1 is 1.12 bits per heavy atom. The van der Waals surface area contributed by atoms with Crippen molar-refractivity contribution in [3.05, 3.63) is 23.8 Å². The Labute approximate surface area is 243 Å². The Kier molecular flexibility index (Phi) is 8.45. The van der Waals surface area contributed by atoms with Gasteiger partial charge in [0.2, 0.25) is 5.78 Å². The lowest BCUT2D eigenvalue weighted by atomic mass is 9.46. The van der Waals surface area contributed by atoms with Gasteiger partial charge in [-0.2, -0.15) is 0 Å². The molecule has 4 saturated carbocycles. The molecular weight excluding hydrogens is 524 g/mol. The van der Waals surface area contributed by atoms with Crippen molar-refractivity contribution in [2.24, 2.45) is 40.4 Å². The smallest absolute Gasteiger partial charge is 0.308 e. The van der Waals surface area contributed by atoms with Gasteiger partial charge in [-0.3, -0.25) is 14.4 Å². The molecule has 1 aliphatic heterocycles. The highest BCUT2D eigenvalue weighted by atomic mass is 16.7. The lowest BCUT2D eigenvalue weighted by molar-refractivity contribution is -0.210. The van der Waals surface area contributed by atoms with Gasteiger partial charge < -0.3 is 24.4 Å². The fourth-order valence-electron chi connectivity index (χ4n) is 9.62. The maximum Gasteiger partial charge on any atom is 0.308 e. The van der Waals surface area contributed by atoms with Crippen LogP contribution in [0.5, 0.6) is 0 Å². The number of hydrogen-bond acceptors (Lipinski definition) is 8. The van der Waals surface area contributed by atoms with Crippen molar-refractivity contribution in [2.75, 3.05) is 13.7 Å². The van der Waals surface area contributed by atoms with E-state index in [1.54, 1.807) is 26.0 Å². The largest absolute Gasteiger partial charge is 0.457 e. The summed E-state index contributed by atoms with van der Waals surface area (Å²) in [5, 5.41) is 18.9. The Bertz CT molecular complexity index is 1100. The van der Waals surface area contributed by atoms with Crippen molar-refractivity contribution in [3.63, 3.8) is 0 Å². The molecule has 8 nitrogen and oxygen atoms in total. The van der Waals surface area contributed by atoms with Crippen molar-refractivity contribution >= 4 is 17.5 Å². The van der Waals surface area contributed by atoms with Gasteiger partial charge in [0, 0.05) is 29.8 Å². The van der Waals surface area contributed by atoms with Gasteiger partial charge in [-0.1, -0.05) is 58.6 Å². The summed E-state index contributed by atoms with van der Waals surface area (Å²) < 4.78 is 19.0. The van der Waals surface area contributed by atoms with Crippen molar-refractivity contribution in [1.82, 2.24) is 0 Å². The van der Waals surface area contributed by atoms with Crippen molar-refractivity contribution in [1.29, 1.82) is 0 Å². The predicted octanol–water partition coefficient (Wildman–Crippen LogP) is 4.31. The monoisotopic (exact) mass is 572 g/mol. The molecule has 9 atom stereocenters. The second-order valence-corrected chi connectivity index (χ2v) is 13.9. The Morgan fingerprint density at radius 2 is 1.83 bits per heavy atom. The summed E-state index contributed by atoms with van der Waals surface area (Å²) in [5.74, 6) is -0.471. The number of carbonyl (C=O) groups is 3. The van der Waals surface area contributed by atoms with Crippen LogP contribution in [-0.2, 0) is 28.6 Å². The Balaban J connectivity index is 0.00000165. The van der Waals surface area contributed by atoms with Crippen LogP contribution in [0.1, 0.15) is 85.5 Å². The number of aliphatic hydroxyl groups excluding tert-OH is 2. The number of carbonyl (C=O) groups excluding carboxylic acids is 3. The number of rotatable bonds is 5. The molecule has 0 bridgehead atoms. The van der Waals surface area contributed by atoms with Gasteiger partial charge in [0.1, 0.15) is 0 Å². The summed E-state index contributed by atoms with van der Waals surface area (Å²) in [6, 6.07) is 0. The van der Waals surface area contributed by atoms with Crippen LogP contribution in [0.2, 0.25) is 0 Å². The van der Waals surface area contributed by atoms with Crippen LogP contribution in [0, 0.1) is 40.4 Å². The average molecular weight is 573 g/mol. The van der Waals surface area contributed by atoms with Gasteiger partial charge in [0.25, 0.3) is 0 Å². The van der Waals surface area contributed by atoms with Crippen LogP contribution in [0.3, 0.4) is 0 Å². The molecule has 0 aromatic heterocycles. The van der Waals surface area contributed by atoms with E-state index in [0.29, 0.717) is 12.8 Å².